The first-order chi connectivity index (χ1) is 21.8. The van der Waals surface area contributed by atoms with Crippen LogP contribution >= 0.6 is 11.3 Å². The molecule has 45 heavy (non-hydrogen) atoms. The highest BCUT2D eigenvalue weighted by atomic mass is 32.1. The summed E-state index contributed by atoms with van der Waals surface area (Å²) >= 11 is 1.36. The molecular formula is C34H31FN6O3S. The smallest absolute Gasteiger partial charge is 0.310 e. The minimum absolute atomic E-state index is 0.0316. The number of aromatic nitrogens is 1. The number of ketones is 1. The molecule has 11 heteroatoms. The molecule has 0 bridgehead atoms. The van der Waals surface area contributed by atoms with Crippen molar-refractivity contribution in [3.05, 3.63) is 105 Å². The fraction of sp³-hybridized carbons (Fsp3) is 0.235. The zero-order valence-corrected chi connectivity index (χ0v) is 25.2. The van der Waals surface area contributed by atoms with Crippen LogP contribution in [0.15, 0.2) is 71.3 Å². The molecule has 0 radical (unpaired) electrons. The van der Waals surface area contributed by atoms with Gasteiger partial charge in [0, 0.05) is 64.4 Å². The Kier molecular flexibility index (Phi) is 9.45. The van der Waals surface area contributed by atoms with Crippen LogP contribution in [-0.4, -0.2) is 47.6 Å². The second-order valence-corrected chi connectivity index (χ2v) is 11.7. The Bertz CT molecular complexity index is 1790. The van der Waals surface area contributed by atoms with E-state index in [2.05, 4.69) is 39.0 Å². The van der Waals surface area contributed by atoms with Gasteiger partial charge in [0.05, 0.1) is 12.6 Å². The third-order valence-corrected chi connectivity index (χ3v) is 8.40. The molecular weight excluding hydrogens is 591 g/mol. The second-order valence-electron chi connectivity index (χ2n) is 10.8. The first-order valence-electron chi connectivity index (χ1n) is 14.3. The molecule has 228 valence electrons. The lowest BCUT2D eigenvalue weighted by Gasteiger charge is -2.22. The van der Waals surface area contributed by atoms with Gasteiger partial charge in [-0.05, 0) is 60.4 Å². The van der Waals surface area contributed by atoms with Gasteiger partial charge >= 0.3 is 11.8 Å². The van der Waals surface area contributed by atoms with E-state index in [4.69, 9.17) is 11.1 Å². The van der Waals surface area contributed by atoms with E-state index in [-0.39, 0.29) is 41.4 Å². The van der Waals surface area contributed by atoms with E-state index >= 15 is 4.39 Å². The molecule has 9 nitrogen and oxygen atoms in total. The summed E-state index contributed by atoms with van der Waals surface area (Å²) < 4.78 is 16.2. The molecule has 5 N–H and O–H groups in total. The summed E-state index contributed by atoms with van der Waals surface area (Å²) in [5.41, 5.74) is 7.20. The van der Waals surface area contributed by atoms with Crippen LogP contribution in [0.1, 0.15) is 63.3 Å². The highest BCUT2D eigenvalue weighted by molar-refractivity contribution is 7.10. The van der Waals surface area contributed by atoms with Crippen molar-refractivity contribution < 1.29 is 18.8 Å². The Morgan fingerprint density at radius 1 is 1.18 bits per heavy atom. The van der Waals surface area contributed by atoms with Gasteiger partial charge in [-0.1, -0.05) is 36.8 Å². The van der Waals surface area contributed by atoms with Gasteiger partial charge in [0.1, 0.15) is 5.82 Å². The van der Waals surface area contributed by atoms with Gasteiger partial charge < -0.3 is 21.8 Å². The van der Waals surface area contributed by atoms with Crippen molar-refractivity contribution in [2.45, 2.75) is 43.7 Å². The highest BCUT2D eigenvalue weighted by Crippen LogP contribution is 2.55. The van der Waals surface area contributed by atoms with Crippen molar-refractivity contribution in [3.63, 3.8) is 0 Å². The topological polar surface area (TPSA) is 150 Å². The Balaban J connectivity index is 1.31. The first-order valence-corrected chi connectivity index (χ1v) is 15.2. The molecule has 2 aromatic carbocycles. The molecule has 2 amide bonds. The van der Waals surface area contributed by atoms with E-state index in [1.807, 2.05) is 0 Å². The second kappa shape index (κ2) is 13.6. The predicted molar refractivity (Wildman–Crippen MR) is 173 cm³/mol. The molecule has 3 aromatic rings. The van der Waals surface area contributed by atoms with E-state index in [1.54, 1.807) is 54.2 Å². The summed E-state index contributed by atoms with van der Waals surface area (Å²) in [5, 5.41) is 15.2. The number of benzene rings is 2. The van der Waals surface area contributed by atoms with Crippen molar-refractivity contribution in [2.24, 2.45) is 10.7 Å². The number of halogens is 1. The van der Waals surface area contributed by atoms with Gasteiger partial charge in [-0.2, -0.15) is 0 Å². The monoisotopic (exact) mass is 622 g/mol. The third kappa shape index (κ3) is 7.13. The molecule has 0 aliphatic heterocycles. The zero-order chi connectivity index (χ0) is 32.0. The van der Waals surface area contributed by atoms with Crippen LogP contribution in [0, 0.1) is 23.1 Å². The lowest BCUT2D eigenvalue weighted by Crippen LogP contribution is -2.39. The Labute approximate surface area is 264 Å². The van der Waals surface area contributed by atoms with Crippen LogP contribution < -0.4 is 16.4 Å². The number of hydrogen-bond donors (Lipinski definition) is 4. The fourth-order valence-electron chi connectivity index (χ4n) is 4.90. The van der Waals surface area contributed by atoms with Gasteiger partial charge in [0.15, 0.2) is 10.8 Å². The number of allylic oxidation sites excluding steroid dienone is 2. The van der Waals surface area contributed by atoms with Gasteiger partial charge in [-0.15, -0.1) is 11.3 Å². The summed E-state index contributed by atoms with van der Waals surface area (Å²) in [5.74, 6) is 2.85. The van der Waals surface area contributed by atoms with Crippen LogP contribution in [0.3, 0.4) is 0 Å². The van der Waals surface area contributed by atoms with E-state index in [9.17, 15) is 14.4 Å². The van der Waals surface area contributed by atoms with Gasteiger partial charge in [0.25, 0.3) is 0 Å². The lowest BCUT2D eigenvalue weighted by atomic mass is 9.81. The van der Waals surface area contributed by atoms with E-state index in [0.717, 1.165) is 19.1 Å². The normalized spacial score (nSPS) is 15.1. The number of thiazole rings is 1. The third-order valence-electron chi connectivity index (χ3n) is 7.71. The number of amides is 2. The Hall–Kier alpha value is -5.21. The van der Waals surface area contributed by atoms with Crippen LogP contribution in [-0.2, 0) is 21.5 Å². The predicted octanol–water partition coefficient (Wildman–Crippen LogP) is 4.07. The largest absolute Gasteiger partial charge is 0.404 e. The van der Waals surface area contributed by atoms with Crippen LogP contribution in [0.4, 0.5) is 4.39 Å². The van der Waals surface area contributed by atoms with Crippen molar-refractivity contribution in [1.29, 1.82) is 5.41 Å². The molecule has 2 aliphatic rings. The van der Waals surface area contributed by atoms with Crippen LogP contribution in [0.5, 0.6) is 0 Å². The maximum Gasteiger partial charge on any atom is 0.310 e. The molecule has 5 rings (SSSR count). The van der Waals surface area contributed by atoms with Crippen LogP contribution in [0.2, 0.25) is 0 Å². The molecule has 2 aliphatic carbocycles. The molecule has 0 spiro atoms. The number of Topliss-reactive ketones (excluding diaryl/α,β-unsaturated/α-hetero) is 1. The van der Waals surface area contributed by atoms with Crippen molar-refractivity contribution in [1.82, 2.24) is 15.6 Å². The summed E-state index contributed by atoms with van der Waals surface area (Å²) in [6, 6.07) is 10.0. The summed E-state index contributed by atoms with van der Waals surface area (Å²) in [4.78, 5) is 47.0. The van der Waals surface area contributed by atoms with Crippen molar-refractivity contribution >= 4 is 46.9 Å². The van der Waals surface area contributed by atoms with E-state index in [0.29, 0.717) is 34.5 Å². The number of aliphatic imine (C=N–C) groups is 1. The maximum atomic E-state index is 16.2. The molecule has 1 aromatic heterocycles. The maximum absolute atomic E-state index is 16.2. The highest BCUT2D eigenvalue weighted by Gasteiger charge is 2.51. The molecule has 2 saturated carbocycles. The van der Waals surface area contributed by atoms with E-state index in [1.165, 1.54) is 17.5 Å². The number of hydrogen-bond acceptors (Lipinski definition) is 8. The summed E-state index contributed by atoms with van der Waals surface area (Å²) in [6.07, 6.45) is 8.56. The first kappa shape index (κ1) is 31.2. The standard InChI is InChI=1S/C34H31FN6O3S/c1-21(34(10-11-34)28-16-22(17-36)15-27(30(28)35)24(18-37)20-40-25-8-9-25)31(42)26-6-3-2-5-23(26)19-41-33(44)32(43)39-12-4-7-29-38-13-14-45-29/h2-3,5-6,13-18,20,25,36H,1,8-12,19,37H2,(H,39,43)(H,41,44). The quantitative estimate of drug-likeness (QED) is 0.0836. The SMILES string of the molecule is C=C(C(=O)c1ccccc1CNC(=O)C(=O)NCC#Cc1nccs1)C1(c2cc(C=N)cc(C(C=NC3CC3)=CN)c2F)CC1. The fourth-order valence-corrected chi connectivity index (χ4v) is 5.40. The number of nitrogens with zero attached hydrogens (tertiary/aromatic N) is 2. The molecule has 0 atom stereocenters. The minimum Gasteiger partial charge on any atom is -0.404 e. The number of carbonyl (C=O) groups excluding carboxylic acids is 3. The number of carbonyl (C=O) groups is 3. The van der Waals surface area contributed by atoms with Crippen molar-refractivity contribution in [2.75, 3.05) is 6.54 Å². The lowest BCUT2D eigenvalue weighted by molar-refractivity contribution is -0.139. The average molecular weight is 623 g/mol. The number of nitrogens with one attached hydrogen (secondary N) is 3. The number of rotatable bonds is 11. The minimum atomic E-state index is -0.960. The average Bonchev–Trinajstić information content (AvgIpc) is 4.00. The molecule has 2 fully saturated rings. The molecule has 0 unspecified atom stereocenters. The summed E-state index contributed by atoms with van der Waals surface area (Å²) in [6.45, 7) is 4.00. The van der Waals surface area contributed by atoms with Crippen LogP contribution in [0.25, 0.3) is 5.57 Å². The zero-order valence-electron chi connectivity index (χ0n) is 24.4. The number of nitrogens with two attached hydrogens (primary N) is 1. The Morgan fingerprint density at radius 2 is 1.93 bits per heavy atom. The van der Waals surface area contributed by atoms with Gasteiger partial charge in [-0.25, -0.2) is 9.37 Å². The van der Waals surface area contributed by atoms with E-state index < -0.39 is 28.8 Å². The Morgan fingerprint density at radius 3 is 2.60 bits per heavy atom. The van der Waals surface area contributed by atoms with Gasteiger partial charge in [-0.3, -0.25) is 19.4 Å². The molecule has 0 saturated heterocycles. The molecule has 1 heterocycles. The van der Waals surface area contributed by atoms with Crippen molar-refractivity contribution in [3.8, 4) is 11.8 Å². The van der Waals surface area contributed by atoms with Gasteiger partial charge in [0.2, 0.25) is 0 Å². The summed E-state index contributed by atoms with van der Waals surface area (Å²) in [7, 11) is 0.